The zero-order valence-electron chi connectivity index (χ0n) is 13.7. The van der Waals surface area contributed by atoms with Gasteiger partial charge in [0.15, 0.2) is 11.5 Å². The summed E-state index contributed by atoms with van der Waals surface area (Å²) in [7, 11) is 4.58. The molecule has 126 valence electrons. The summed E-state index contributed by atoms with van der Waals surface area (Å²) in [5.41, 5.74) is 1.04. The number of carbonyl (C=O) groups excluding carboxylic acids is 2. The number of fused-ring (bicyclic) bond motifs is 1. The average molecular weight is 323 g/mol. The number of anilines is 1. The number of methoxy groups -OCH3 is 2. The monoisotopic (exact) mass is 323 g/mol. The summed E-state index contributed by atoms with van der Waals surface area (Å²) in [6, 6.07) is 3.26. The van der Waals surface area contributed by atoms with Crippen molar-refractivity contribution in [2.24, 2.45) is 5.92 Å². The molecule has 0 aliphatic carbocycles. The molecule has 1 aromatic rings. The summed E-state index contributed by atoms with van der Waals surface area (Å²) in [6.07, 6.45) is -1.29. The molecule has 0 fully saturated rings. The van der Waals surface area contributed by atoms with Crippen LogP contribution in [-0.4, -0.2) is 44.9 Å². The van der Waals surface area contributed by atoms with E-state index >= 15 is 0 Å². The molecule has 1 heterocycles. The predicted molar refractivity (Wildman–Crippen MR) is 82.7 cm³/mol. The number of benzene rings is 1. The maximum Gasteiger partial charge on any atom is 0.306 e. The van der Waals surface area contributed by atoms with Crippen LogP contribution in [0.1, 0.15) is 25.0 Å². The van der Waals surface area contributed by atoms with Gasteiger partial charge >= 0.3 is 5.97 Å². The largest absolute Gasteiger partial charge is 0.493 e. The van der Waals surface area contributed by atoms with E-state index < -0.39 is 18.0 Å². The summed E-state index contributed by atoms with van der Waals surface area (Å²) < 4.78 is 15.3. The van der Waals surface area contributed by atoms with Crippen molar-refractivity contribution in [1.29, 1.82) is 0 Å². The van der Waals surface area contributed by atoms with Gasteiger partial charge in [-0.25, -0.2) is 0 Å². The second-order valence-electron chi connectivity index (χ2n) is 5.22. The summed E-state index contributed by atoms with van der Waals surface area (Å²) in [6.45, 7) is 1.92. The Morgan fingerprint density at radius 3 is 2.43 bits per heavy atom. The topological polar surface area (TPSA) is 85.3 Å². The van der Waals surface area contributed by atoms with Gasteiger partial charge < -0.3 is 24.2 Å². The Kier molecular flexibility index (Phi) is 5.10. The highest BCUT2D eigenvalue weighted by Gasteiger charge is 2.40. The second kappa shape index (κ2) is 6.87. The van der Waals surface area contributed by atoms with E-state index in [1.54, 1.807) is 26.1 Å². The number of rotatable bonds is 5. The summed E-state index contributed by atoms with van der Waals surface area (Å²) in [5, 5.41) is 10.6. The first-order chi connectivity index (χ1) is 10.9. The van der Waals surface area contributed by atoms with E-state index in [-0.39, 0.29) is 18.9 Å². The third kappa shape index (κ3) is 3.10. The molecule has 0 bridgehead atoms. The molecule has 0 spiro atoms. The van der Waals surface area contributed by atoms with Gasteiger partial charge in [-0.15, -0.1) is 0 Å². The number of hydrogen-bond acceptors (Lipinski definition) is 6. The minimum Gasteiger partial charge on any atom is -0.493 e. The lowest BCUT2D eigenvalue weighted by Crippen LogP contribution is -2.42. The third-order valence-electron chi connectivity index (χ3n) is 3.93. The van der Waals surface area contributed by atoms with Crippen molar-refractivity contribution in [3.63, 3.8) is 0 Å². The van der Waals surface area contributed by atoms with Crippen LogP contribution >= 0.6 is 0 Å². The summed E-state index contributed by atoms with van der Waals surface area (Å²) in [4.78, 5) is 25.6. The predicted octanol–water partition coefficient (Wildman–Crippen LogP) is 1.28. The second-order valence-corrected chi connectivity index (χ2v) is 5.22. The maximum absolute atomic E-state index is 12.5. The molecule has 0 radical (unpaired) electrons. The lowest BCUT2D eigenvalue weighted by Gasteiger charge is -2.35. The normalized spacial score (nSPS) is 20.0. The lowest BCUT2D eigenvalue weighted by atomic mass is 9.86. The zero-order chi connectivity index (χ0) is 17.1. The molecular formula is C16H21NO6. The van der Waals surface area contributed by atoms with E-state index in [4.69, 9.17) is 14.2 Å². The molecule has 0 aromatic heterocycles. The first-order valence-corrected chi connectivity index (χ1v) is 7.31. The van der Waals surface area contributed by atoms with Crippen LogP contribution < -0.4 is 14.4 Å². The van der Waals surface area contributed by atoms with Crippen LogP contribution in [0.5, 0.6) is 11.5 Å². The molecule has 1 amide bonds. The van der Waals surface area contributed by atoms with Crippen LogP contribution in [0.15, 0.2) is 12.1 Å². The quantitative estimate of drug-likeness (QED) is 0.822. The van der Waals surface area contributed by atoms with Gasteiger partial charge in [-0.05, 0) is 13.0 Å². The fourth-order valence-corrected chi connectivity index (χ4v) is 2.73. The van der Waals surface area contributed by atoms with Gasteiger partial charge in [0, 0.05) is 18.7 Å². The van der Waals surface area contributed by atoms with Gasteiger partial charge in [-0.3, -0.25) is 9.59 Å². The van der Waals surface area contributed by atoms with Crippen molar-refractivity contribution in [3.05, 3.63) is 17.7 Å². The number of aliphatic hydroxyl groups excluding tert-OH is 1. The minimum atomic E-state index is -1.11. The van der Waals surface area contributed by atoms with Gasteiger partial charge in [0.25, 0.3) is 0 Å². The molecule has 2 atom stereocenters. The first-order valence-electron chi connectivity index (χ1n) is 7.31. The van der Waals surface area contributed by atoms with Crippen LogP contribution in [0.25, 0.3) is 0 Å². The maximum atomic E-state index is 12.5. The van der Waals surface area contributed by atoms with Gasteiger partial charge in [0.05, 0.1) is 45.0 Å². The van der Waals surface area contributed by atoms with Crippen LogP contribution in [-0.2, 0) is 14.3 Å². The smallest absolute Gasteiger partial charge is 0.306 e. The number of amides is 1. The van der Waals surface area contributed by atoms with Crippen LogP contribution in [0.4, 0.5) is 5.69 Å². The molecular weight excluding hydrogens is 302 g/mol. The molecule has 0 saturated carbocycles. The number of esters is 1. The standard InChI is InChI=1S/C16H21NO6/c1-5-23-14(18)7-10-15(19)9-6-12(21-3)13(22-4)8-11(9)17(2)16(10)20/h6,8,10,15,19H,5,7H2,1-4H3. The highest BCUT2D eigenvalue weighted by atomic mass is 16.5. The Bertz CT molecular complexity index is 615. The van der Waals surface area contributed by atoms with Crippen molar-refractivity contribution in [1.82, 2.24) is 0 Å². The van der Waals surface area contributed by atoms with E-state index in [1.165, 1.54) is 19.1 Å². The van der Waals surface area contributed by atoms with E-state index in [0.29, 0.717) is 22.7 Å². The molecule has 1 aliphatic heterocycles. The van der Waals surface area contributed by atoms with Gasteiger partial charge in [-0.2, -0.15) is 0 Å². The lowest BCUT2D eigenvalue weighted by molar-refractivity contribution is -0.148. The third-order valence-corrected chi connectivity index (χ3v) is 3.93. The molecule has 1 aromatic carbocycles. The van der Waals surface area contributed by atoms with E-state index in [0.717, 1.165) is 0 Å². The molecule has 23 heavy (non-hydrogen) atoms. The molecule has 2 unspecified atom stereocenters. The van der Waals surface area contributed by atoms with Crippen molar-refractivity contribution in [3.8, 4) is 11.5 Å². The molecule has 2 rings (SSSR count). The average Bonchev–Trinajstić information content (AvgIpc) is 2.55. The fourth-order valence-electron chi connectivity index (χ4n) is 2.73. The van der Waals surface area contributed by atoms with Crippen LogP contribution in [0.3, 0.4) is 0 Å². The highest BCUT2D eigenvalue weighted by Crippen LogP contribution is 2.44. The molecule has 1 N–H and O–H groups in total. The van der Waals surface area contributed by atoms with Crippen LogP contribution in [0.2, 0.25) is 0 Å². The highest BCUT2D eigenvalue weighted by molar-refractivity contribution is 6.00. The fraction of sp³-hybridized carbons (Fsp3) is 0.500. The molecule has 0 saturated heterocycles. The van der Waals surface area contributed by atoms with Gasteiger partial charge in [0.2, 0.25) is 5.91 Å². The zero-order valence-corrected chi connectivity index (χ0v) is 13.7. The van der Waals surface area contributed by atoms with Crippen molar-refractivity contribution < 1.29 is 28.9 Å². The number of nitrogens with zero attached hydrogens (tertiary/aromatic N) is 1. The molecule has 1 aliphatic rings. The molecule has 7 nitrogen and oxygen atoms in total. The van der Waals surface area contributed by atoms with Crippen molar-refractivity contribution in [2.75, 3.05) is 32.8 Å². The Morgan fingerprint density at radius 1 is 1.26 bits per heavy atom. The number of aliphatic hydroxyl groups is 1. The van der Waals surface area contributed by atoms with Crippen molar-refractivity contribution >= 4 is 17.6 Å². The molecule has 7 heteroatoms. The van der Waals surface area contributed by atoms with E-state index in [1.807, 2.05) is 0 Å². The number of hydrogen-bond donors (Lipinski definition) is 1. The number of ether oxygens (including phenoxy) is 3. The minimum absolute atomic E-state index is 0.175. The SMILES string of the molecule is CCOC(=O)CC1C(=O)N(C)c2cc(OC)c(OC)cc2C1O. The Hall–Kier alpha value is -2.28. The van der Waals surface area contributed by atoms with Gasteiger partial charge in [0.1, 0.15) is 0 Å². The first kappa shape index (κ1) is 17.1. The Balaban J connectivity index is 2.42. The van der Waals surface area contributed by atoms with E-state index in [9.17, 15) is 14.7 Å². The van der Waals surface area contributed by atoms with E-state index in [2.05, 4.69) is 0 Å². The Labute approximate surface area is 134 Å². The summed E-state index contributed by atoms with van der Waals surface area (Å²) >= 11 is 0. The number of carbonyl (C=O) groups is 2. The Morgan fingerprint density at radius 2 is 1.87 bits per heavy atom. The van der Waals surface area contributed by atoms with Gasteiger partial charge in [-0.1, -0.05) is 0 Å². The summed E-state index contributed by atoms with van der Waals surface area (Å²) in [5.74, 6) is -0.831. The van der Waals surface area contributed by atoms with Crippen LogP contribution in [0, 0.1) is 5.92 Å². The van der Waals surface area contributed by atoms with Crippen molar-refractivity contribution in [2.45, 2.75) is 19.4 Å².